The van der Waals surface area contributed by atoms with Crippen molar-refractivity contribution in [2.75, 3.05) is 18.9 Å². The first-order valence-electron chi connectivity index (χ1n) is 12.7. The van der Waals surface area contributed by atoms with E-state index in [-0.39, 0.29) is 22.8 Å². The van der Waals surface area contributed by atoms with Crippen LogP contribution >= 0.6 is 7.82 Å². The highest BCUT2D eigenvalue weighted by molar-refractivity contribution is 7.84. The average Bonchev–Trinajstić information content (AvgIpc) is 3.73. The number of phosphoric acid groups is 1. The minimum absolute atomic E-state index is 0.0171. The second-order valence-electron chi connectivity index (χ2n) is 9.92. The fourth-order valence-corrected chi connectivity index (χ4v) is 7.17. The van der Waals surface area contributed by atoms with Gasteiger partial charge in [0.15, 0.2) is 42.3 Å². The molecule has 2 aromatic rings. The number of hydrogen-bond donors (Lipinski definition) is 2. The molecule has 1 amide bonds. The lowest BCUT2D eigenvalue weighted by molar-refractivity contribution is -0.235. The largest absolute Gasteiger partial charge is 0.756 e. The fourth-order valence-electron chi connectivity index (χ4n) is 5.27. The van der Waals surface area contributed by atoms with E-state index in [2.05, 4.69) is 29.9 Å². The number of hydrogen-bond acceptors (Lipinski definition) is 17. The normalized spacial score (nSPS) is 40.2. The zero-order chi connectivity index (χ0) is 31.0. The predicted octanol–water partition coefficient (Wildman–Crippen LogP) is -2.51. The molecule has 7 heterocycles. The molecule has 0 aliphatic carbocycles. The van der Waals surface area contributed by atoms with Crippen LogP contribution < -0.4 is 15.3 Å². The highest BCUT2D eigenvalue weighted by atomic mass is 32.2. The minimum Gasteiger partial charge on any atom is -0.756 e. The van der Waals surface area contributed by atoms with Gasteiger partial charge in [0.2, 0.25) is 0 Å². The van der Waals surface area contributed by atoms with Gasteiger partial charge in [0.1, 0.15) is 48.4 Å². The number of nitrogen functional groups attached to an aromatic ring is 1. The van der Waals surface area contributed by atoms with Gasteiger partial charge in [-0.25, -0.2) is 32.9 Å². The second kappa shape index (κ2) is 10.6. The summed E-state index contributed by atoms with van der Waals surface area (Å²) in [4.78, 5) is 49.0. The summed E-state index contributed by atoms with van der Waals surface area (Å²) >= 11 is 0. The van der Waals surface area contributed by atoms with Crippen molar-refractivity contribution in [1.29, 1.82) is 0 Å². The van der Waals surface area contributed by atoms with E-state index in [0.717, 1.165) is 34.8 Å². The van der Waals surface area contributed by atoms with Crippen molar-refractivity contribution in [3.63, 3.8) is 0 Å². The summed E-state index contributed by atoms with van der Waals surface area (Å²) in [5.74, 6) is -0.739. The second-order valence-corrected chi connectivity index (χ2v) is 12.7. The van der Waals surface area contributed by atoms with E-state index in [0.29, 0.717) is 0 Å². The number of carbonyl (C=O) groups is 1. The van der Waals surface area contributed by atoms with E-state index in [9.17, 15) is 22.7 Å². The SMILES string of the molecule is Nc1ncnc2c1ncn2[C@@H]1O[C@@H]2COP(=O)([O-])O[C@H]3[C@@H](F)[C@H](N4C=NC5C(=O)N=CN=C54)O[C@@H]3CNS(=O)(=O)O[C@H]2[C@H]1F. The zero-order valence-electron chi connectivity index (χ0n) is 21.8. The molecule has 0 saturated carbocycles. The number of amidine groups is 1. The Bertz CT molecular complexity index is 1760. The van der Waals surface area contributed by atoms with Crippen LogP contribution in [0.4, 0.5) is 14.6 Å². The van der Waals surface area contributed by atoms with E-state index in [1.54, 1.807) is 0 Å². The summed E-state index contributed by atoms with van der Waals surface area (Å²) in [7, 11) is -10.2. The third-order valence-electron chi connectivity index (χ3n) is 7.27. The highest BCUT2D eigenvalue weighted by Crippen LogP contribution is 2.46. The zero-order valence-corrected chi connectivity index (χ0v) is 23.5. The van der Waals surface area contributed by atoms with Gasteiger partial charge in [-0.3, -0.25) is 23.8 Å². The van der Waals surface area contributed by atoms with E-state index in [1.807, 2.05) is 4.72 Å². The molecule has 24 heteroatoms. The quantitative estimate of drug-likeness (QED) is 0.315. The minimum atomic E-state index is -5.39. The van der Waals surface area contributed by atoms with Crippen molar-refractivity contribution in [1.82, 2.24) is 29.1 Å². The average molecular weight is 661 g/mol. The maximum atomic E-state index is 15.8. The molecule has 3 fully saturated rings. The number of rotatable bonds is 2. The lowest BCUT2D eigenvalue weighted by Crippen LogP contribution is -2.47. The van der Waals surface area contributed by atoms with E-state index < -0.39 is 92.4 Å². The van der Waals surface area contributed by atoms with Gasteiger partial charge < -0.3 is 29.1 Å². The van der Waals surface area contributed by atoms with Gasteiger partial charge in [0.05, 0.1) is 19.3 Å². The number of nitrogens with two attached hydrogens (primary N) is 1. The molecule has 3 saturated heterocycles. The van der Waals surface area contributed by atoms with Crippen LogP contribution in [0.25, 0.3) is 11.2 Å². The molecule has 0 spiro atoms. The number of amides is 1. The molecule has 236 valence electrons. The number of alkyl halides is 2. The van der Waals surface area contributed by atoms with Crippen molar-refractivity contribution in [2.45, 2.75) is 55.3 Å². The van der Waals surface area contributed by atoms with Crippen molar-refractivity contribution in [3.8, 4) is 0 Å². The highest BCUT2D eigenvalue weighted by Gasteiger charge is 2.54. The Labute approximate surface area is 244 Å². The standard InChI is InChI=1S/C20H21F2N10O10PS/c21-9-13-7(39-19(9)32-6-29-12-17(32)26-4-27-18(12)33)1-30-44(36,37)42-14-8(2-38-43(34,35)41-13)40-20(10(14)22)31-5-28-11-15(23)24-3-25-16(11)31/h3-10,12-14,19-20,30H,1-2H2,(H,34,35)(H2,23,24,25)/p-1/t7-,8-,9-,10-,12?,13-,14-,19-,20-/m1/s1. The Morgan fingerprint density at radius 3 is 2.70 bits per heavy atom. The Morgan fingerprint density at radius 2 is 1.89 bits per heavy atom. The molecular weight excluding hydrogens is 641 g/mol. The fraction of sp³-hybridized carbons (Fsp3) is 0.550. The van der Waals surface area contributed by atoms with Gasteiger partial charge in [-0.05, 0) is 0 Å². The van der Waals surface area contributed by atoms with Crippen molar-refractivity contribution in [2.24, 2.45) is 15.0 Å². The maximum absolute atomic E-state index is 15.8. The number of carbonyl (C=O) groups excluding carboxylic acids is 1. The lowest BCUT2D eigenvalue weighted by atomic mass is 10.1. The summed E-state index contributed by atoms with van der Waals surface area (Å²) in [6, 6.07) is -1.16. The van der Waals surface area contributed by atoms with Gasteiger partial charge in [0.25, 0.3) is 13.7 Å². The maximum Gasteiger partial charge on any atom is 0.336 e. The summed E-state index contributed by atoms with van der Waals surface area (Å²) < 4.78 is 99.6. The number of aromatic nitrogens is 4. The van der Waals surface area contributed by atoms with Gasteiger partial charge in [0, 0.05) is 6.54 Å². The molecule has 0 radical (unpaired) electrons. The molecule has 20 nitrogen and oxygen atoms in total. The molecule has 7 rings (SSSR count). The number of anilines is 1. The predicted molar refractivity (Wildman–Crippen MR) is 137 cm³/mol. The molecule has 10 atom stereocenters. The number of phosphoric ester groups is 1. The van der Waals surface area contributed by atoms with Gasteiger partial charge in [-0.1, -0.05) is 0 Å². The number of imidazole rings is 1. The van der Waals surface area contributed by atoms with Crippen LogP contribution in [0.5, 0.6) is 0 Å². The van der Waals surface area contributed by atoms with Crippen LogP contribution in [0.2, 0.25) is 0 Å². The monoisotopic (exact) mass is 661 g/mol. The molecule has 5 aliphatic rings. The van der Waals surface area contributed by atoms with Crippen LogP contribution in [0, 0.1) is 0 Å². The van der Waals surface area contributed by atoms with Crippen LogP contribution in [0.3, 0.4) is 0 Å². The molecule has 44 heavy (non-hydrogen) atoms. The van der Waals surface area contributed by atoms with E-state index in [1.165, 1.54) is 0 Å². The van der Waals surface area contributed by atoms with Gasteiger partial charge >= 0.3 is 10.3 Å². The molecular formula is C20H20F2N10O10PS-. The van der Waals surface area contributed by atoms with Gasteiger partial charge in [-0.2, -0.15) is 18.1 Å². The van der Waals surface area contributed by atoms with E-state index in [4.69, 9.17) is 28.4 Å². The molecule has 2 unspecified atom stereocenters. The molecule has 0 aromatic carbocycles. The Balaban J connectivity index is 1.14. The molecule has 5 aliphatic heterocycles. The summed E-state index contributed by atoms with van der Waals surface area (Å²) in [6.07, 6.45) is -10.7. The lowest BCUT2D eigenvalue weighted by Gasteiger charge is -2.31. The Hall–Kier alpha value is -3.41. The Morgan fingerprint density at radius 1 is 1.11 bits per heavy atom. The number of nitrogens with one attached hydrogen (secondary N) is 1. The molecule has 2 aromatic heterocycles. The van der Waals surface area contributed by atoms with Crippen LogP contribution in [-0.2, 0) is 42.4 Å². The Kier molecular flexibility index (Phi) is 7.06. The van der Waals surface area contributed by atoms with Crippen LogP contribution in [0.15, 0.2) is 27.6 Å². The topological polar surface area (TPSA) is 259 Å². The first-order chi connectivity index (χ1) is 20.9. The summed E-state index contributed by atoms with van der Waals surface area (Å²) in [5.41, 5.74) is 5.92. The number of halogens is 2. The van der Waals surface area contributed by atoms with E-state index >= 15 is 8.78 Å². The summed E-state index contributed by atoms with van der Waals surface area (Å²) in [6.45, 7) is -1.77. The van der Waals surface area contributed by atoms with Crippen molar-refractivity contribution < 1.29 is 54.2 Å². The van der Waals surface area contributed by atoms with Crippen LogP contribution in [0.1, 0.15) is 6.23 Å². The third-order valence-corrected chi connectivity index (χ3v) is 9.24. The molecule has 3 N–H and O–H groups in total. The number of nitrogens with zero attached hydrogens (tertiary/aromatic N) is 8. The van der Waals surface area contributed by atoms with Crippen molar-refractivity contribution in [3.05, 3.63) is 12.7 Å². The number of fused-ring (bicyclic) bond motifs is 4. The first-order valence-corrected chi connectivity index (χ1v) is 15.6. The smallest absolute Gasteiger partial charge is 0.336 e. The van der Waals surface area contributed by atoms with Crippen LogP contribution in [-0.4, -0.2) is 119 Å². The van der Waals surface area contributed by atoms with Gasteiger partial charge in [-0.15, -0.1) is 0 Å². The first kappa shape index (κ1) is 29.3. The summed E-state index contributed by atoms with van der Waals surface area (Å²) in [5, 5.41) is 0. The number of ether oxygens (including phenoxy) is 2. The number of aliphatic imine (C=N–C) groups is 3. The van der Waals surface area contributed by atoms with Crippen molar-refractivity contribution >= 4 is 59.5 Å². The molecule has 0 bridgehead atoms. The third kappa shape index (κ3) is 4.98.